The molecule has 1 aromatic heterocycles. The predicted molar refractivity (Wildman–Crippen MR) is 115 cm³/mol. The first-order chi connectivity index (χ1) is 15.6. The van der Waals surface area contributed by atoms with Crippen LogP contribution < -0.4 is 15.8 Å². The number of amides is 2. The van der Waals surface area contributed by atoms with Crippen molar-refractivity contribution in [2.45, 2.75) is 19.0 Å². The molecule has 1 aliphatic rings. The van der Waals surface area contributed by atoms with Gasteiger partial charge in [0.05, 0.1) is 11.5 Å². The summed E-state index contributed by atoms with van der Waals surface area (Å²) in [6.07, 6.45) is -2.85. The van der Waals surface area contributed by atoms with E-state index in [1.165, 1.54) is 6.07 Å². The summed E-state index contributed by atoms with van der Waals surface area (Å²) < 4.78 is 43.8. The minimum atomic E-state index is -4.45. The first-order valence-corrected chi connectivity index (χ1v) is 10.7. The molecule has 1 fully saturated rings. The minimum Gasteiger partial charge on any atom is -0.455 e. The van der Waals surface area contributed by atoms with Crippen molar-refractivity contribution in [1.82, 2.24) is 15.8 Å². The fourth-order valence-corrected chi connectivity index (χ4v) is 3.44. The number of anilines is 1. The van der Waals surface area contributed by atoms with E-state index in [9.17, 15) is 27.6 Å². The Kier molecular flexibility index (Phi) is 7.90. The van der Waals surface area contributed by atoms with E-state index in [1.807, 2.05) is 0 Å². The Balaban J connectivity index is 1.38. The van der Waals surface area contributed by atoms with Crippen LogP contribution in [-0.2, 0) is 20.5 Å². The van der Waals surface area contributed by atoms with Crippen LogP contribution in [0.4, 0.5) is 19.0 Å². The van der Waals surface area contributed by atoms with Gasteiger partial charge in [-0.25, -0.2) is 4.98 Å². The Bertz CT molecular complexity index is 992. The van der Waals surface area contributed by atoms with Gasteiger partial charge in [0, 0.05) is 29.3 Å². The van der Waals surface area contributed by atoms with Crippen LogP contribution in [0.15, 0.2) is 47.1 Å². The fourth-order valence-electron chi connectivity index (χ4n) is 3.18. The lowest BCUT2D eigenvalue weighted by molar-refractivity contribution is -0.153. The molecule has 12 heteroatoms. The van der Waals surface area contributed by atoms with Crippen LogP contribution in [0.2, 0.25) is 0 Å². The molecule has 1 aromatic carbocycles. The van der Waals surface area contributed by atoms with E-state index in [-0.39, 0.29) is 0 Å². The summed E-state index contributed by atoms with van der Waals surface area (Å²) in [6.45, 7) is 0.265. The highest BCUT2D eigenvalue weighted by Gasteiger charge is 2.31. The van der Waals surface area contributed by atoms with Gasteiger partial charge in [0.15, 0.2) is 6.61 Å². The Morgan fingerprint density at radius 2 is 1.73 bits per heavy atom. The third-order valence-corrected chi connectivity index (χ3v) is 5.52. The number of halogens is 4. The molecule has 0 atom stereocenters. The van der Waals surface area contributed by atoms with Gasteiger partial charge in [-0.05, 0) is 49.2 Å². The number of pyridine rings is 1. The third kappa shape index (κ3) is 6.91. The van der Waals surface area contributed by atoms with Crippen molar-refractivity contribution in [3.63, 3.8) is 0 Å². The Morgan fingerprint density at radius 1 is 1.06 bits per heavy atom. The van der Waals surface area contributed by atoms with Crippen molar-refractivity contribution in [3.05, 3.63) is 58.2 Å². The standard InChI is InChI=1S/C21H20BrF3N4O4/c22-16-4-1-13(2-5-16)19(31)28-27-18(30)12-33-20(32)14-7-9-29(10-8-14)17-6-3-15(11-26-17)21(23,24)25/h1-6,11,14H,7-10,12H2,(H,27,30)(H,28,31). The molecule has 1 aliphatic heterocycles. The van der Waals surface area contributed by atoms with Crippen LogP contribution in [0.25, 0.3) is 0 Å². The second kappa shape index (κ2) is 10.6. The number of carbonyl (C=O) groups excluding carboxylic acids is 3. The number of benzene rings is 1. The number of aromatic nitrogens is 1. The molecule has 0 unspecified atom stereocenters. The quantitative estimate of drug-likeness (QED) is 0.457. The van der Waals surface area contributed by atoms with E-state index in [0.717, 1.165) is 16.7 Å². The molecule has 0 saturated carbocycles. The molecule has 176 valence electrons. The van der Waals surface area contributed by atoms with E-state index in [2.05, 4.69) is 31.8 Å². The fraction of sp³-hybridized carbons (Fsp3) is 0.333. The molecule has 0 bridgehead atoms. The summed E-state index contributed by atoms with van der Waals surface area (Å²) in [5.74, 6) is -1.81. The smallest absolute Gasteiger partial charge is 0.417 e. The monoisotopic (exact) mass is 528 g/mol. The van der Waals surface area contributed by atoms with Crippen molar-refractivity contribution in [2.75, 3.05) is 24.6 Å². The zero-order chi connectivity index (χ0) is 24.0. The number of hydrazine groups is 1. The maximum atomic E-state index is 12.7. The average Bonchev–Trinajstić information content (AvgIpc) is 2.81. The first-order valence-electron chi connectivity index (χ1n) is 9.93. The van der Waals surface area contributed by atoms with Gasteiger partial charge in [-0.15, -0.1) is 0 Å². The number of nitrogens with one attached hydrogen (secondary N) is 2. The molecule has 3 rings (SSSR count). The maximum absolute atomic E-state index is 12.7. The molecule has 1 saturated heterocycles. The van der Waals surface area contributed by atoms with Gasteiger partial charge < -0.3 is 9.64 Å². The highest BCUT2D eigenvalue weighted by molar-refractivity contribution is 9.10. The number of hydrogen-bond acceptors (Lipinski definition) is 6. The summed E-state index contributed by atoms with van der Waals surface area (Å²) in [7, 11) is 0. The van der Waals surface area contributed by atoms with Crippen molar-refractivity contribution in [1.29, 1.82) is 0 Å². The number of carbonyl (C=O) groups is 3. The SMILES string of the molecule is O=C(COC(=O)C1CCN(c2ccc(C(F)(F)F)cn2)CC1)NNC(=O)c1ccc(Br)cc1. The van der Waals surface area contributed by atoms with Crippen molar-refractivity contribution in [3.8, 4) is 0 Å². The Morgan fingerprint density at radius 3 is 2.30 bits per heavy atom. The van der Waals surface area contributed by atoms with Crippen LogP contribution in [0.3, 0.4) is 0 Å². The lowest BCUT2D eigenvalue weighted by Gasteiger charge is -2.31. The number of esters is 1. The topological polar surface area (TPSA) is 101 Å². The number of nitrogens with zero attached hydrogens (tertiary/aromatic N) is 2. The lowest BCUT2D eigenvalue weighted by Crippen LogP contribution is -2.44. The van der Waals surface area contributed by atoms with E-state index in [4.69, 9.17) is 4.74 Å². The summed E-state index contributed by atoms with van der Waals surface area (Å²) >= 11 is 3.25. The molecule has 8 nitrogen and oxygen atoms in total. The van der Waals surface area contributed by atoms with Crippen molar-refractivity contribution in [2.24, 2.45) is 5.92 Å². The molecular formula is C21H20BrF3N4O4. The summed E-state index contributed by atoms with van der Waals surface area (Å²) in [5, 5.41) is 0. The van der Waals surface area contributed by atoms with Gasteiger partial charge in [0.1, 0.15) is 5.82 Å². The number of alkyl halides is 3. The minimum absolute atomic E-state index is 0.338. The summed E-state index contributed by atoms with van der Waals surface area (Å²) in [6, 6.07) is 8.76. The van der Waals surface area contributed by atoms with E-state index >= 15 is 0 Å². The maximum Gasteiger partial charge on any atom is 0.417 e. The molecule has 2 heterocycles. The molecule has 0 aliphatic carbocycles. The van der Waals surface area contributed by atoms with Gasteiger partial charge in [0.25, 0.3) is 11.8 Å². The second-order valence-electron chi connectivity index (χ2n) is 7.28. The van der Waals surface area contributed by atoms with Gasteiger partial charge in [-0.2, -0.15) is 13.2 Å². The van der Waals surface area contributed by atoms with Gasteiger partial charge >= 0.3 is 12.1 Å². The lowest BCUT2D eigenvalue weighted by atomic mass is 9.97. The zero-order valence-electron chi connectivity index (χ0n) is 17.2. The number of hydrogen-bond donors (Lipinski definition) is 2. The molecule has 2 amide bonds. The molecule has 33 heavy (non-hydrogen) atoms. The number of rotatable bonds is 5. The summed E-state index contributed by atoms with van der Waals surface area (Å²) in [4.78, 5) is 41.7. The van der Waals surface area contributed by atoms with Gasteiger partial charge in [-0.1, -0.05) is 15.9 Å². The number of ether oxygens (including phenoxy) is 1. The largest absolute Gasteiger partial charge is 0.455 e. The second-order valence-corrected chi connectivity index (χ2v) is 8.20. The van der Waals surface area contributed by atoms with Crippen LogP contribution in [0.1, 0.15) is 28.8 Å². The predicted octanol–water partition coefficient (Wildman–Crippen LogP) is 3.08. The third-order valence-electron chi connectivity index (χ3n) is 4.99. The van der Waals surface area contributed by atoms with E-state index in [0.29, 0.717) is 37.3 Å². The van der Waals surface area contributed by atoms with Gasteiger partial charge in [0.2, 0.25) is 0 Å². The molecule has 2 aromatic rings. The van der Waals surface area contributed by atoms with E-state index < -0.39 is 42.0 Å². The molecule has 0 spiro atoms. The Labute approximate surface area is 195 Å². The normalized spacial score (nSPS) is 14.5. The summed E-state index contributed by atoms with van der Waals surface area (Å²) in [5.41, 5.74) is 3.92. The van der Waals surface area contributed by atoms with Crippen LogP contribution in [0.5, 0.6) is 0 Å². The molecule has 0 radical (unpaired) electrons. The Hall–Kier alpha value is -3.15. The van der Waals surface area contributed by atoms with E-state index in [1.54, 1.807) is 29.2 Å². The highest BCUT2D eigenvalue weighted by atomic mass is 79.9. The van der Waals surface area contributed by atoms with Crippen LogP contribution in [-0.4, -0.2) is 42.5 Å². The molecular weight excluding hydrogens is 509 g/mol. The zero-order valence-corrected chi connectivity index (χ0v) is 18.8. The van der Waals surface area contributed by atoms with Crippen molar-refractivity contribution >= 4 is 39.5 Å². The van der Waals surface area contributed by atoms with Crippen LogP contribution in [0, 0.1) is 5.92 Å². The average molecular weight is 529 g/mol. The first kappa shape index (κ1) is 24.5. The van der Waals surface area contributed by atoms with Crippen LogP contribution >= 0.6 is 15.9 Å². The highest BCUT2D eigenvalue weighted by Crippen LogP contribution is 2.30. The van der Waals surface area contributed by atoms with Gasteiger partial charge in [-0.3, -0.25) is 25.2 Å². The van der Waals surface area contributed by atoms with Crippen molar-refractivity contribution < 1.29 is 32.3 Å². The number of piperidine rings is 1. The molecule has 2 N–H and O–H groups in total.